The first-order chi connectivity index (χ1) is 15.5. The number of carbonyl (C=O) groups is 2. The van der Waals surface area contributed by atoms with Crippen molar-refractivity contribution in [1.82, 2.24) is 10.2 Å². The second-order valence-corrected chi connectivity index (χ2v) is 7.59. The van der Waals surface area contributed by atoms with Crippen molar-refractivity contribution in [3.8, 4) is 17.2 Å². The molecule has 2 aromatic carbocycles. The molecule has 1 saturated heterocycles. The summed E-state index contributed by atoms with van der Waals surface area (Å²) in [4.78, 5) is 26.9. The molecule has 7 nitrogen and oxygen atoms in total. The summed E-state index contributed by atoms with van der Waals surface area (Å²) in [5.41, 5.74) is 1.79. The summed E-state index contributed by atoms with van der Waals surface area (Å²) < 4.78 is 16.0. The van der Waals surface area contributed by atoms with E-state index in [1.807, 2.05) is 30.3 Å². The van der Waals surface area contributed by atoms with Gasteiger partial charge in [0.15, 0.2) is 11.5 Å². The molecular weight excluding hydrogens is 408 g/mol. The number of hydrogen-bond donors (Lipinski definition) is 1. The minimum Gasteiger partial charge on any atom is -0.496 e. The van der Waals surface area contributed by atoms with E-state index in [0.29, 0.717) is 55.3 Å². The fraction of sp³-hybridized carbons (Fsp3) is 0.360. The molecule has 2 aromatic rings. The second kappa shape index (κ2) is 11.2. The van der Waals surface area contributed by atoms with Gasteiger partial charge in [0.05, 0.1) is 21.3 Å². The summed E-state index contributed by atoms with van der Waals surface area (Å²) in [6.45, 7) is 1.63. The third-order valence-corrected chi connectivity index (χ3v) is 5.63. The average Bonchev–Trinajstić information content (AvgIpc) is 2.85. The van der Waals surface area contributed by atoms with E-state index >= 15 is 0 Å². The van der Waals surface area contributed by atoms with Gasteiger partial charge in [-0.25, -0.2) is 0 Å². The minimum atomic E-state index is -0.0926. The summed E-state index contributed by atoms with van der Waals surface area (Å²) in [5, 5.41) is 3.00. The molecule has 0 radical (unpaired) electrons. The van der Waals surface area contributed by atoms with Gasteiger partial charge in [0.1, 0.15) is 5.75 Å². The van der Waals surface area contributed by atoms with Gasteiger partial charge in [0.25, 0.3) is 0 Å². The predicted octanol–water partition coefficient (Wildman–Crippen LogP) is 3.28. The van der Waals surface area contributed by atoms with Crippen LogP contribution in [0, 0.1) is 5.92 Å². The molecular formula is C25H30N2O5. The molecule has 170 valence electrons. The maximum atomic E-state index is 12.7. The molecule has 1 heterocycles. The number of hydrogen-bond acceptors (Lipinski definition) is 5. The van der Waals surface area contributed by atoms with Gasteiger partial charge in [0, 0.05) is 43.3 Å². The average molecular weight is 439 g/mol. The van der Waals surface area contributed by atoms with Crippen LogP contribution in [0.25, 0.3) is 6.08 Å². The predicted molar refractivity (Wildman–Crippen MR) is 123 cm³/mol. The fourth-order valence-corrected chi connectivity index (χ4v) is 3.74. The van der Waals surface area contributed by atoms with Crippen LogP contribution < -0.4 is 19.5 Å². The molecule has 0 unspecified atom stereocenters. The highest BCUT2D eigenvalue weighted by atomic mass is 16.5. The molecule has 1 fully saturated rings. The first kappa shape index (κ1) is 23.2. The number of ether oxygens (including phenoxy) is 3. The highest BCUT2D eigenvalue weighted by Crippen LogP contribution is 2.35. The van der Waals surface area contributed by atoms with E-state index in [0.717, 1.165) is 5.56 Å². The molecule has 0 aromatic heterocycles. The zero-order valence-corrected chi connectivity index (χ0v) is 18.8. The van der Waals surface area contributed by atoms with Crippen LogP contribution >= 0.6 is 0 Å². The summed E-state index contributed by atoms with van der Waals surface area (Å²) in [5.74, 6) is 1.58. The van der Waals surface area contributed by atoms with Crippen molar-refractivity contribution < 1.29 is 23.8 Å². The van der Waals surface area contributed by atoms with Crippen molar-refractivity contribution in [2.24, 2.45) is 5.92 Å². The summed E-state index contributed by atoms with van der Waals surface area (Å²) >= 11 is 0. The van der Waals surface area contributed by atoms with Gasteiger partial charge < -0.3 is 24.4 Å². The van der Waals surface area contributed by atoms with Crippen molar-refractivity contribution in [3.63, 3.8) is 0 Å². The Labute approximate surface area is 189 Å². The van der Waals surface area contributed by atoms with E-state index in [1.165, 1.54) is 6.08 Å². The number of amides is 2. The van der Waals surface area contributed by atoms with E-state index < -0.39 is 0 Å². The van der Waals surface area contributed by atoms with Crippen molar-refractivity contribution in [3.05, 3.63) is 59.7 Å². The lowest BCUT2D eigenvalue weighted by Crippen LogP contribution is -2.42. The highest BCUT2D eigenvalue weighted by molar-refractivity contribution is 5.92. The van der Waals surface area contributed by atoms with Gasteiger partial charge in [-0.1, -0.05) is 30.3 Å². The Morgan fingerprint density at radius 3 is 2.22 bits per heavy atom. The lowest BCUT2D eigenvalue weighted by molar-refractivity contribution is -0.132. The molecule has 0 spiro atoms. The number of piperidine rings is 1. The van der Waals surface area contributed by atoms with Crippen molar-refractivity contribution in [2.45, 2.75) is 19.4 Å². The van der Waals surface area contributed by atoms with Crippen LogP contribution in [-0.2, 0) is 16.1 Å². The number of rotatable bonds is 8. The molecule has 1 N–H and O–H groups in total. The van der Waals surface area contributed by atoms with E-state index in [2.05, 4.69) is 5.32 Å². The SMILES string of the molecule is COc1cc(OC)c(OC)cc1/C=C/C(=O)N1CCC(C(=O)NCc2ccccc2)CC1. The standard InChI is InChI=1S/C25H30N2O5/c1-30-21-16-23(32-3)22(31-2)15-20(21)9-10-24(28)27-13-11-19(12-14-27)25(29)26-17-18-7-5-4-6-8-18/h4-10,15-16,19H,11-14,17H2,1-3H3,(H,26,29)/b10-9+. The highest BCUT2D eigenvalue weighted by Gasteiger charge is 2.26. The van der Waals surface area contributed by atoms with Gasteiger partial charge in [-0.15, -0.1) is 0 Å². The van der Waals surface area contributed by atoms with Gasteiger partial charge in [-0.3, -0.25) is 9.59 Å². The number of nitrogens with one attached hydrogen (secondary N) is 1. The third-order valence-electron chi connectivity index (χ3n) is 5.63. The Balaban J connectivity index is 1.54. The first-order valence-corrected chi connectivity index (χ1v) is 10.6. The van der Waals surface area contributed by atoms with Gasteiger partial charge in [-0.2, -0.15) is 0 Å². The van der Waals surface area contributed by atoms with Crippen LogP contribution in [0.5, 0.6) is 17.2 Å². The van der Waals surface area contributed by atoms with Crippen molar-refractivity contribution >= 4 is 17.9 Å². The lowest BCUT2D eigenvalue weighted by Gasteiger charge is -2.30. The Bertz CT molecular complexity index is 950. The molecule has 32 heavy (non-hydrogen) atoms. The van der Waals surface area contributed by atoms with E-state index in [9.17, 15) is 9.59 Å². The maximum Gasteiger partial charge on any atom is 0.246 e. The van der Waals surface area contributed by atoms with Crippen LogP contribution in [0.3, 0.4) is 0 Å². The zero-order valence-electron chi connectivity index (χ0n) is 18.8. The van der Waals surface area contributed by atoms with Crippen molar-refractivity contribution in [2.75, 3.05) is 34.4 Å². The summed E-state index contributed by atoms with van der Waals surface area (Å²) in [6.07, 6.45) is 4.54. The van der Waals surface area contributed by atoms with Crippen LogP contribution in [0.1, 0.15) is 24.0 Å². The number of methoxy groups -OCH3 is 3. The number of carbonyl (C=O) groups excluding carboxylic acids is 2. The second-order valence-electron chi connectivity index (χ2n) is 7.59. The van der Waals surface area contributed by atoms with Crippen LogP contribution in [0.2, 0.25) is 0 Å². The topological polar surface area (TPSA) is 77.1 Å². The Morgan fingerprint density at radius 2 is 1.59 bits per heavy atom. The van der Waals surface area contributed by atoms with Gasteiger partial charge in [-0.05, 0) is 30.5 Å². The van der Waals surface area contributed by atoms with Crippen LogP contribution in [-0.4, -0.2) is 51.1 Å². The van der Waals surface area contributed by atoms with E-state index in [1.54, 1.807) is 44.4 Å². The molecule has 1 aliphatic heterocycles. The number of likely N-dealkylation sites (tertiary alicyclic amines) is 1. The van der Waals surface area contributed by atoms with E-state index in [4.69, 9.17) is 14.2 Å². The zero-order chi connectivity index (χ0) is 22.9. The number of nitrogens with zero attached hydrogens (tertiary/aromatic N) is 1. The van der Waals surface area contributed by atoms with Crippen LogP contribution in [0.4, 0.5) is 0 Å². The summed E-state index contributed by atoms with van der Waals surface area (Å²) in [7, 11) is 4.68. The van der Waals surface area contributed by atoms with Crippen LogP contribution in [0.15, 0.2) is 48.5 Å². The minimum absolute atomic E-state index is 0.0477. The fourth-order valence-electron chi connectivity index (χ4n) is 3.74. The Kier molecular flexibility index (Phi) is 8.14. The quantitative estimate of drug-likeness (QED) is 0.640. The molecule has 0 bridgehead atoms. The molecule has 7 heteroatoms. The normalized spacial score (nSPS) is 14.3. The Morgan fingerprint density at radius 1 is 0.969 bits per heavy atom. The van der Waals surface area contributed by atoms with Crippen molar-refractivity contribution in [1.29, 1.82) is 0 Å². The smallest absolute Gasteiger partial charge is 0.246 e. The van der Waals surface area contributed by atoms with E-state index in [-0.39, 0.29) is 17.7 Å². The maximum absolute atomic E-state index is 12.7. The Hall–Kier alpha value is -3.48. The third kappa shape index (κ3) is 5.81. The molecule has 0 atom stereocenters. The summed E-state index contributed by atoms with van der Waals surface area (Å²) in [6, 6.07) is 13.3. The monoisotopic (exact) mass is 438 g/mol. The largest absolute Gasteiger partial charge is 0.496 e. The lowest BCUT2D eigenvalue weighted by atomic mass is 9.95. The first-order valence-electron chi connectivity index (χ1n) is 10.6. The van der Waals surface area contributed by atoms with Gasteiger partial charge >= 0.3 is 0 Å². The van der Waals surface area contributed by atoms with Gasteiger partial charge in [0.2, 0.25) is 11.8 Å². The number of benzene rings is 2. The molecule has 0 saturated carbocycles. The molecule has 3 rings (SSSR count). The molecule has 2 amide bonds. The molecule has 1 aliphatic rings. The molecule has 0 aliphatic carbocycles.